The maximum absolute atomic E-state index is 12.1. The molecule has 0 radical (unpaired) electrons. The Bertz CT molecular complexity index is 463. The van der Waals surface area contributed by atoms with Gasteiger partial charge in [-0.1, -0.05) is 12.1 Å². The lowest BCUT2D eigenvalue weighted by Crippen LogP contribution is -2.27. The number of alkyl halides is 2. The molecule has 1 N–H and O–H groups in total. The molecule has 0 saturated heterocycles. The predicted octanol–water partition coefficient (Wildman–Crippen LogP) is 2.44. The minimum atomic E-state index is -2.89. The zero-order chi connectivity index (χ0) is 14.4. The number of nitrogens with one attached hydrogen (secondary N) is 1. The third-order valence-corrected chi connectivity index (χ3v) is 2.37. The van der Waals surface area contributed by atoms with Crippen molar-refractivity contribution < 1.29 is 23.1 Å². The van der Waals surface area contributed by atoms with Gasteiger partial charge in [-0.2, -0.15) is 8.78 Å². The molecule has 0 bridgehead atoms. The molecule has 0 aliphatic carbocycles. The highest BCUT2D eigenvalue weighted by atomic mass is 19.3. The summed E-state index contributed by atoms with van der Waals surface area (Å²) in [5, 5.41) is 2.61. The van der Waals surface area contributed by atoms with Crippen molar-refractivity contribution in [3.05, 3.63) is 29.8 Å². The van der Waals surface area contributed by atoms with Crippen molar-refractivity contribution in [2.75, 3.05) is 0 Å². The molecule has 0 aliphatic heterocycles. The van der Waals surface area contributed by atoms with Gasteiger partial charge in [0, 0.05) is 0 Å². The van der Waals surface area contributed by atoms with E-state index < -0.39 is 18.6 Å². The number of ketones is 1. The van der Waals surface area contributed by atoms with Crippen LogP contribution < -0.4 is 10.1 Å². The van der Waals surface area contributed by atoms with E-state index in [0.29, 0.717) is 5.56 Å². The SMILES string of the molecule is CC(=O)CC(=O)NC(C)c1cccc(OC(F)F)c1. The second kappa shape index (κ2) is 6.82. The Morgan fingerprint density at radius 3 is 2.63 bits per heavy atom. The summed E-state index contributed by atoms with van der Waals surface area (Å²) in [6.07, 6.45) is -0.197. The van der Waals surface area contributed by atoms with Crippen molar-refractivity contribution in [2.45, 2.75) is 32.9 Å². The number of hydrogen-bond acceptors (Lipinski definition) is 3. The normalized spacial score (nSPS) is 12.1. The van der Waals surface area contributed by atoms with Gasteiger partial charge in [-0.05, 0) is 31.5 Å². The third kappa shape index (κ3) is 5.46. The van der Waals surface area contributed by atoms with Crippen LogP contribution in [-0.2, 0) is 9.59 Å². The number of Topliss-reactive ketones (excluding diaryl/α,β-unsaturated/α-hetero) is 1. The van der Waals surface area contributed by atoms with Gasteiger partial charge >= 0.3 is 6.61 Å². The maximum atomic E-state index is 12.1. The monoisotopic (exact) mass is 271 g/mol. The molecule has 0 spiro atoms. The van der Waals surface area contributed by atoms with E-state index in [1.165, 1.54) is 19.1 Å². The molecular formula is C13H15F2NO3. The molecule has 1 unspecified atom stereocenters. The number of rotatable bonds is 6. The summed E-state index contributed by atoms with van der Waals surface area (Å²) >= 11 is 0. The van der Waals surface area contributed by atoms with Gasteiger partial charge < -0.3 is 10.1 Å². The lowest BCUT2D eigenvalue weighted by atomic mass is 10.1. The highest BCUT2D eigenvalue weighted by Crippen LogP contribution is 2.20. The highest BCUT2D eigenvalue weighted by Gasteiger charge is 2.12. The zero-order valence-electron chi connectivity index (χ0n) is 10.7. The van der Waals surface area contributed by atoms with Gasteiger partial charge in [-0.3, -0.25) is 9.59 Å². The Hall–Kier alpha value is -1.98. The Kier molecular flexibility index (Phi) is 5.41. The van der Waals surface area contributed by atoms with Crippen LogP contribution in [0, 0.1) is 0 Å². The average molecular weight is 271 g/mol. The van der Waals surface area contributed by atoms with Crippen LogP contribution in [0.3, 0.4) is 0 Å². The molecule has 1 atom stereocenters. The van der Waals surface area contributed by atoms with Crippen molar-refractivity contribution in [3.63, 3.8) is 0 Å². The summed E-state index contributed by atoms with van der Waals surface area (Å²) in [6, 6.07) is 5.66. The molecule has 1 rings (SSSR count). The van der Waals surface area contributed by atoms with Crippen molar-refractivity contribution in [1.82, 2.24) is 5.32 Å². The fourth-order valence-corrected chi connectivity index (χ4v) is 1.56. The number of amides is 1. The van der Waals surface area contributed by atoms with E-state index in [2.05, 4.69) is 10.1 Å². The van der Waals surface area contributed by atoms with Crippen molar-refractivity contribution in [2.24, 2.45) is 0 Å². The van der Waals surface area contributed by atoms with Gasteiger partial charge in [0.2, 0.25) is 5.91 Å². The van der Waals surface area contributed by atoms with Crippen LogP contribution in [0.1, 0.15) is 31.9 Å². The van der Waals surface area contributed by atoms with Gasteiger partial charge in [-0.25, -0.2) is 0 Å². The number of halogens is 2. The summed E-state index contributed by atoms with van der Waals surface area (Å²) in [6.45, 7) is 0.124. The molecule has 6 heteroatoms. The minimum absolute atomic E-state index is 0.0279. The van der Waals surface area contributed by atoms with Crippen molar-refractivity contribution in [3.8, 4) is 5.75 Å². The van der Waals surface area contributed by atoms with Crippen LogP contribution in [0.5, 0.6) is 5.75 Å². The first-order chi connectivity index (χ1) is 8.88. The van der Waals surface area contributed by atoms with Crippen molar-refractivity contribution >= 4 is 11.7 Å². The van der Waals surface area contributed by atoms with Crippen LogP contribution >= 0.6 is 0 Å². The number of carbonyl (C=O) groups is 2. The zero-order valence-corrected chi connectivity index (χ0v) is 10.7. The molecule has 0 heterocycles. The van der Waals surface area contributed by atoms with Gasteiger partial charge in [0.05, 0.1) is 12.5 Å². The van der Waals surface area contributed by atoms with E-state index in [1.54, 1.807) is 19.1 Å². The molecule has 1 aromatic carbocycles. The molecule has 104 valence electrons. The smallest absolute Gasteiger partial charge is 0.387 e. The average Bonchev–Trinajstić information content (AvgIpc) is 2.27. The summed E-state index contributed by atoms with van der Waals surface area (Å²) < 4.78 is 28.4. The first-order valence-electron chi connectivity index (χ1n) is 5.72. The molecule has 0 fully saturated rings. The van der Waals surface area contributed by atoms with E-state index >= 15 is 0 Å². The van der Waals surface area contributed by atoms with E-state index in [-0.39, 0.29) is 18.0 Å². The molecule has 4 nitrogen and oxygen atoms in total. The number of carbonyl (C=O) groups excluding carboxylic acids is 2. The van der Waals surface area contributed by atoms with E-state index in [9.17, 15) is 18.4 Å². The summed E-state index contributed by atoms with van der Waals surface area (Å²) in [5.41, 5.74) is 0.620. The Balaban J connectivity index is 2.68. The number of benzene rings is 1. The third-order valence-electron chi connectivity index (χ3n) is 2.37. The van der Waals surface area contributed by atoms with Gasteiger partial charge in [0.25, 0.3) is 0 Å². The van der Waals surface area contributed by atoms with Gasteiger partial charge in [0.15, 0.2) is 0 Å². The van der Waals surface area contributed by atoms with Crippen LogP contribution in [0.4, 0.5) is 8.78 Å². The standard InChI is InChI=1S/C13H15F2NO3/c1-8(17)6-12(18)16-9(2)10-4-3-5-11(7-10)19-13(14)15/h3-5,7,9,13H,6H2,1-2H3,(H,16,18). The fourth-order valence-electron chi connectivity index (χ4n) is 1.56. The highest BCUT2D eigenvalue weighted by molar-refractivity contribution is 5.96. The number of hydrogen-bond donors (Lipinski definition) is 1. The van der Waals surface area contributed by atoms with Gasteiger partial charge in [-0.15, -0.1) is 0 Å². The molecule has 0 saturated carbocycles. The second-order valence-electron chi connectivity index (χ2n) is 4.12. The molecular weight excluding hydrogens is 256 g/mol. The lowest BCUT2D eigenvalue weighted by molar-refractivity contribution is -0.127. The predicted molar refractivity (Wildman–Crippen MR) is 64.9 cm³/mol. The lowest BCUT2D eigenvalue weighted by Gasteiger charge is -2.15. The Labute approximate surface area is 109 Å². The van der Waals surface area contributed by atoms with Crippen LogP contribution in [0.15, 0.2) is 24.3 Å². The summed E-state index contributed by atoms with van der Waals surface area (Å²) in [7, 11) is 0. The van der Waals surface area contributed by atoms with E-state index in [4.69, 9.17) is 0 Å². The Morgan fingerprint density at radius 1 is 1.37 bits per heavy atom. The maximum Gasteiger partial charge on any atom is 0.387 e. The number of ether oxygens (including phenoxy) is 1. The van der Waals surface area contributed by atoms with Crippen LogP contribution in [0.2, 0.25) is 0 Å². The largest absolute Gasteiger partial charge is 0.435 e. The van der Waals surface area contributed by atoms with Gasteiger partial charge in [0.1, 0.15) is 11.5 Å². The molecule has 19 heavy (non-hydrogen) atoms. The Morgan fingerprint density at radius 2 is 2.05 bits per heavy atom. The summed E-state index contributed by atoms with van der Waals surface area (Å²) in [5.74, 6) is -0.611. The first-order valence-corrected chi connectivity index (χ1v) is 5.72. The summed E-state index contributed by atoms with van der Waals surface area (Å²) in [4.78, 5) is 22.2. The first kappa shape index (κ1) is 15.1. The van der Waals surface area contributed by atoms with Crippen molar-refractivity contribution in [1.29, 1.82) is 0 Å². The van der Waals surface area contributed by atoms with Crippen LogP contribution in [0.25, 0.3) is 0 Å². The second-order valence-corrected chi connectivity index (χ2v) is 4.12. The van der Waals surface area contributed by atoms with E-state index in [1.807, 2.05) is 0 Å². The van der Waals surface area contributed by atoms with E-state index in [0.717, 1.165) is 0 Å². The molecule has 0 aliphatic rings. The van der Waals surface area contributed by atoms with Crippen LogP contribution in [-0.4, -0.2) is 18.3 Å². The minimum Gasteiger partial charge on any atom is -0.435 e. The quantitative estimate of drug-likeness (QED) is 0.808. The topological polar surface area (TPSA) is 55.4 Å². The molecule has 0 aromatic heterocycles. The molecule has 1 amide bonds. The fraction of sp³-hybridized carbons (Fsp3) is 0.385. The molecule has 1 aromatic rings.